The SMILES string of the molecule is NC(=O)c1ccc2cc(Br)ccc2c1.O=C(O)c1ccc2cc(Br)ccc2c1. The molecule has 0 spiro atoms. The van der Waals surface area contributed by atoms with Gasteiger partial charge >= 0.3 is 5.97 Å². The molecule has 3 N–H and O–H groups in total. The summed E-state index contributed by atoms with van der Waals surface area (Å²) in [5.74, 6) is -1.29. The van der Waals surface area contributed by atoms with Crippen LogP contribution in [0.15, 0.2) is 81.7 Å². The number of fused-ring (bicyclic) bond motifs is 2. The first-order valence-corrected chi connectivity index (χ1v) is 9.84. The number of primary amides is 1. The van der Waals surface area contributed by atoms with Gasteiger partial charge in [0.2, 0.25) is 5.91 Å². The third kappa shape index (κ3) is 4.77. The highest BCUT2D eigenvalue weighted by Gasteiger charge is 2.03. The Kier molecular flexibility index (Phi) is 6.11. The molecule has 0 unspecified atom stereocenters. The molecular formula is C22H15Br2NO3. The lowest BCUT2D eigenvalue weighted by Crippen LogP contribution is -2.10. The number of amides is 1. The highest BCUT2D eigenvalue weighted by molar-refractivity contribution is 9.10. The van der Waals surface area contributed by atoms with Gasteiger partial charge in [0.05, 0.1) is 5.56 Å². The van der Waals surface area contributed by atoms with Gasteiger partial charge in [-0.2, -0.15) is 0 Å². The molecule has 1 amide bonds. The molecule has 4 aromatic carbocycles. The Balaban J connectivity index is 0.000000161. The predicted octanol–water partition coefficient (Wildman–Crippen LogP) is 6.00. The minimum Gasteiger partial charge on any atom is -0.478 e. The highest BCUT2D eigenvalue weighted by atomic mass is 79.9. The first-order valence-electron chi connectivity index (χ1n) is 8.25. The quantitative estimate of drug-likeness (QED) is 0.354. The number of carboxylic acids is 1. The van der Waals surface area contributed by atoms with Crippen molar-refractivity contribution in [2.45, 2.75) is 0 Å². The zero-order valence-corrected chi connectivity index (χ0v) is 17.7. The van der Waals surface area contributed by atoms with E-state index >= 15 is 0 Å². The van der Waals surface area contributed by atoms with Crippen LogP contribution in [0, 0.1) is 0 Å². The van der Waals surface area contributed by atoms with Crippen LogP contribution in [0.4, 0.5) is 0 Å². The number of carboxylic acid groups (broad SMARTS) is 1. The molecule has 4 nitrogen and oxygen atoms in total. The number of hydrogen-bond acceptors (Lipinski definition) is 2. The maximum atomic E-state index is 10.9. The topological polar surface area (TPSA) is 80.4 Å². The number of rotatable bonds is 2. The van der Waals surface area contributed by atoms with Gasteiger partial charge in [-0.3, -0.25) is 4.79 Å². The molecule has 0 atom stereocenters. The van der Waals surface area contributed by atoms with Crippen molar-refractivity contribution in [1.82, 2.24) is 0 Å². The molecule has 140 valence electrons. The third-order valence-corrected chi connectivity index (χ3v) is 5.12. The van der Waals surface area contributed by atoms with E-state index in [1.807, 2.05) is 48.5 Å². The number of hydrogen-bond donors (Lipinski definition) is 2. The van der Waals surface area contributed by atoms with Crippen LogP contribution in [0.1, 0.15) is 20.7 Å². The van der Waals surface area contributed by atoms with Crippen molar-refractivity contribution in [1.29, 1.82) is 0 Å². The highest BCUT2D eigenvalue weighted by Crippen LogP contribution is 2.21. The molecule has 0 heterocycles. The maximum absolute atomic E-state index is 10.9. The van der Waals surface area contributed by atoms with Crippen molar-refractivity contribution in [3.8, 4) is 0 Å². The number of halogens is 2. The van der Waals surface area contributed by atoms with E-state index in [9.17, 15) is 9.59 Å². The smallest absolute Gasteiger partial charge is 0.335 e. The molecule has 0 saturated heterocycles. The van der Waals surface area contributed by atoms with Gasteiger partial charge in [-0.1, -0.05) is 56.1 Å². The van der Waals surface area contributed by atoms with E-state index in [-0.39, 0.29) is 0 Å². The second kappa shape index (κ2) is 8.54. The van der Waals surface area contributed by atoms with Gasteiger partial charge in [-0.25, -0.2) is 4.79 Å². The van der Waals surface area contributed by atoms with Gasteiger partial charge < -0.3 is 10.8 Å². The fraction of sp³-hybridized carbons (Fsp3) is 0. The van der Waals surface area contributed by atoms with Crippen molar-refractivity contribution in [2.24, 2.45) is 5.73 Å². The van der Waals surface area contributed by atoms with Gasteiger partial charge in [-0.05, 0) is 70.1 Å². The van der Waals surface area contributed by atoms with Gasteiger partial charge in [0.15, 0.2) is 0 Å². The predicted molar refractivity (Wildman–Crippen MR) is 119 cm³/mol. The normalized spacial score (nSPS) is 10.4. The van der Waals surface area contributed by atoms with E-state index in [4.69, 9.17) is 10.8 Å². The summed E-state index contributed by atoms with van der Waals surface area (Å²) in [4.78, 5) is 21.6. The molecule has 4 rings (SSSR count). The Morgan fingerprint density at radius 1 is 0.643 bits per heavy atom. The molecule has 28 heavy (non-hydrogen) atoms. The molecule has 0 fully saturated rings. The zero-order valence-electron chi connectivity index (χ0n) is 14.5. The molecule has 0 aliphatic heterocycles. The van der Waals surface area contributed by atoms with Crippen LogP contribution in [-0.2, 0) is 0 Å². The van der Waals surface area contributed by atoms with Gasteiger partial charge in [-0.15, -0.1) is 0 Å². The van der Waals surface area contributed by atoms with E-state index in [0.29, 0.717) is 11.1 Å². The number of benzene rings is 4. The summed E-state index contributed by atoms with van der Waals surface area (Å²) < 4.78 is 2.02. The van der Waals surface area contributed by atoms with Gasteiger partial charge in [0, 0.05) is 14.5 Å². The Morgan fingerprint density at radius 2 is 1.04 bits per heavy atom. The van der Waals surface area contributed by atoms with E-state index in [1.54, 1.807) is 24.3 Å². The average molecular weight is 501 g/mol. The third-order valence-electron chi connectivity index (χ3n) is 4.14. The molecular weight excluding hydrogens is 486 g/mol. The number of aromatic carboxylic acids is 1. The lowest BCUT2D eigenvalue weighted by molar-refractivity contribution is 0.0697. The minimum atomic E-state index is -0.894. The lowest BCUT2D eigenvalue weighted by atomic mass is 10.1. The molecule has 6 heteroatoms. The molecule has 0 aromatic heterocycles. The van der Waals surface area contributed by atoms with E-state index in [0.717, 1.165) is 30.5 Å². The van der Waals surface area contributed by atoms with Crippen LogP contribution < -0.4 is 5.73 Å². The van der Waals surface area contributed by atoms with Crippen molar-refractivity contribution in [3.63, 3.8) is 0 Å². The number of carbonyl (C=O) groups excluding carboxylic acids is 1. The summed E-state index contributed by atoms with van der Waals surface area (Å²) in [5.41, 5.74) is 6.05. The first kappa shape index (κ1) is 20.0. The van der Waals surface area contributed by atoms with Crippen LogP contribution >= 0.6 is 31.9 Å². The molecule has 0 radical (unpaired) electrons. The molecule has 0 saturated carbocycles. The fourth-order valence-electron chi connectivity index (χ4n) is 2.72. The summed E-state index contributed by atoms with van der Waals surface area (Å²) in [5, 5.41) is 12.9. The van der Waals surface area contributed by atoms with Crippen molar-refractivity contribution in [3.05, 3.63) is 92.9 Å². The standard InChI is InChI=1S/C11H8BrNO.C11H7BrO2/c2*12-10-4-3-7-5-9(11(13)14)2-1-8(7)6-10/h1-6H,(H2,13,14);1-6H,(H,13,14). The molecule has 0 aliphatic carbocycles. The Hall–Kier alpha value is -2.70. The fourth-order valence-corrected chi connectivity index (χ4v) is 3.48. The van der Waals surface area contributed by atoms with Crippen LogP contribution in [0.2, 0.25) is 0 Å². The Bertz CT molecular complexity index is 1110. The van der Waals surface area contributed by atoms with Crippen LogP contribution in [0.5, 0.6) is 0 Å². The summed E-state index contributed by atoms with van der Waals surface area (Å²) in [6.45, 7) is 0. The van der Waals surface area contributed by atoms with Crippen LogP contribution in [0.25, 0.3) is 21.5 Å². The van der Waals surface area contributed by atoms with Crippen molar-refractivity contribution >= 4 is 65.3 Å². The summed E-state index contributed by atoms with van der Waals surface area (Å²) in [6.07, 6.45) is 0. The summed E-state index contributed by atoms with van der Waals surface area (Å²) >= 11 is 6.75. The largest absolute Gasteiger partial charge is 0.478 e. The Labute approximate surface area is 178 Å². The number of carbonyl (C=O) groups is 2. The van der Waals surface area contributed by atoms with E-state index in [2.05, 4.69) is 31.9 Å². The second-order valence-electron chi connectivity index (χ2n) is 6.08. The number of nitrogens with two attached hydrogens (primary N) is 1. The van der Waals surface area contributed by atoms with Crippen LogP contribution in [-0.4, -0.2) is 17.0 Å². The Morgan fingerprint density at radius 3 is 1.50 bits per heavy atom. The molecule has 0 aliphatic rings. The monoisotopic (exact) mass is 499 g/mol. The van der Waals surface area contributed by atoms with Crippen molar-refractivity contribution < 1.29 is 14.7 Å². The van der Waals surface area contributed by atoms with Crippen LogP contribution in [0.3, 0.4) is 0 Å². The zero-order chi connectivity index (χ0) is 20.3. The molecule has 4 aromatic rings. The average Bonchev–Trinajstić information content (AvgIpc) is 2.67. The second-order valence-corrected chi connectivity index (χ2v) is 7.91. The summed E-state index contributed by atoms with van der Waals surface area (Å²) in [7, 11) is 0. The van der Waals surface area contributed by atoms with Gasteiger partial charge in [0.1, 0.15) is 0 Å². The minimum absolute atomic E-state index is 0.319. The van der Waals surface area contributed by atoms with Gasteiger partial charge in [0.25, 0.3) is 0 Å². The maximum Gasteiger partial charge on any atom is 0.335 e. The molecule has 0 bridgehead atoms. The van der Waals surface area contributed by atoms with E-state index in [1.165, 1.54) is 0 Å². The van der Waals surface area contributed by atoms with Crippen molar-refractivity contribution in [2.75, 3.05) is 0 Å². The lowest BCUT2D eigenvalue weighted by Gasteiger charge is -2.00. The first-order chi connectivity index (χ1) is 13.3. The van der Waals surface area contributed by atoms with E-state index < -0.39 is 11.9 Å². The summed E-state index contributed by atoms with van der Waals surface area (Å²) in [6, 6.07) is 22.1.